The van der Waals surface area contributed by atoms with Crippen LogP contribution in [0.2, 0.25) is 0 Å². The molecule has 1 atom stereocenters. The fourth-order valence-corrected chi connectivity index (χ4v) is 3.27. The largest absolute Gasteiger partial charge is 0.385 e. The third kappa shape index (κ3) is 7.04. The quantitative estimate of drug-likeness (QED) is 0.308. The van der Waals surface area contributed by atoms with Crippen molar-refractivity contribution in [2.45, 2.75) is 38.7 Å². The summed E-state index contributed by atoms with van der Waals surface area (Å²) in [5.74, 6) is 0.865. The highest BCUT2D eigenvalue weighted by atomic mass is 127. The van der Waals surface area contributed by atoms with E-state index in [1.165, 1.54) is 24.8 Å². The maximum atomic E-state index is 5.63. The molecule has 1 saturated carbocycles. The second-order valence-corrected chi connectivity index (χ2v) is 6.81. The van der Waals surface area contributed by atoms with Crippen molar-refractivity contribution in [1.82, 2.24) is 10.6 Å². The average molecular weight is 475 g/mol. The van der Waals surface area contributed by atoms with Gasteiger partial charge < -0.3 is 20.1 Å². The zero-order valence-electron chi connectivity index (χ0n) is 16.3. The fraction of sp³-hybridized carbons (Fsp3) is 0.650. The summed E-state index contributed by atoms with van der Waals surface area (Å²) in [5.41, 5.74) is 1.50. The van der Waals surface area contributed by atoms with Gasteiger partial charge in [-0.3, -0.25) is 4.99 Å². The molecule has 1 aliphatic rings. The Bertz CT molecular complexity index is 521. The van der Waals surface area contributed by atoms with Gasteiger partial charge in [0.15, 0.2) is 5.96 Å². The summed E-state index contributed by atoms with van der Waals surface area (Å²) in [7, 11) is 3.52. The van der Waals surface area contributed by atoms with Crippen LogP contribution < -0.4 is 10.6 Å². The van der Waals surface area contributed by atoms with Crippen molar-refractivity contribution in [2.24, 2.45) is 10.4 Å². The Balaban J connectivity index is 0.00000338. The first kappa shape index (κ1) is 23.2. The van der Waals surface area contributed by atoms with Crippen LogP contribution >= 0.6 is 24.0 Å². The van der Waals surface area contributed by atoms with E-state index in [0.717, 1.165) is 32.1 Å². The summed E-state index contributed by atoms with van der Waals surface area (Å²) in [6.45, 7) is 5.30. The number of ether oxygens (including phenoxy) is 2. The lowest BCUT2D eigenvalue weighted by atomic mass is 9.67. The third-order valence-electron chi connectivity index (χ3n) is 5.08. The van der Waals surface area contributed by atoms with Crippen LogP contribution in [0, 0.1) is 5.41 Å². The minimum absolute atomic E-state index is 0. The lowest BCUT2D eigenvalue weighted by Crippen LogP contribution is -2.41. The fourth-order valence-electron chi connectivity index (χ4n) is 3.27. The number of aliphatic imine (C=N–C) groups is 1. The summed E-state index contributed by atoms with van der Waals surface area (Å²) in [4.78, 5) is 4.84. The van der Waals surface area contributed by atoms with Crippen molar-refractivity contribution >= 4 is 29.9 Å². The lowest BCUT2D eigenvalue weighted by molar-refractivity contribution is 0.0777. The van der Waals surface area contributed by atoms with Crippen LogP contribution in [0.3, 0.4) is 0 Å². The molecule has 1 aliphatic carbocycles. The van der Waals surface area contributed by atoms with Gasteiger partial charge in [0.1, 0.15) is 0 Å². The molecule has 0 aliphatic heterocycles. The van der Waals surface area contributed by atoms with E-state index >= 15 is 0 Å². The molecule has 1 fully saturated rings. The van der Waals surface area contributed by atoms with Gasteiger partial charge in [-0.15, -0.1) is 24.0 Å². The van der Waals surface area contributed by atoms with Crippen molar-refractivity contribution < 1.29 is 9.47 Å². The second kappa shape index (κ2) is 12.5. The van der Waals surface area contributed by atoms with E-state index in [4.69, 9.17) is 14.5 Å². The smallest absolute Gasteiger partial charge is 0.191 e. The topological polar surface area (TPSA) is 54.9 Å². The lowest BCUT2D eigenvalue weighted by Gasteiger charge is -2.40. The molecule has 1 aromatic carbocycles. The van der Waals surface area contributed by atoms with Crippen molar-refractivity contribution in [2.75, 3.05) is 40.5 Å². The van der Waals surface area contributed by atoms with Crippen LogP contribution in [0.5, 0.6) is 0 Å². The maximum absolute atomic E-state index is 5.63. The van der Waals surface area contributed by atoms with Gasteiger partial charge in [0.05, 0.1) is 6.10 Å². The highest BCUT2D eigenvalue weighted by Gasteiger charge is 2.36. The van der Waals surface area contributed by atoms with Gasteiger partial charge in [-0.1, -0.05) is 36.8 Å². The standard InChI is InChI=1S/C20H33N3O2.HI/c1-4-21-19(23-16-20(11-8-12-20)13-14-24-2)22-15-18(25-3)17-9-6-5-7-10-17;/h5-7,9-10,18H,4,8,11-16H2,1-3H3,(H2,21,22,23);1H. The highest BCUT2D eigenvalue weighted by molar-refractivity contribution is 14.0. The van der Waals surface area contributed by atoms with Crippen LogP contribution in [-0.4, -0.2) is 46.4 Å². The van der Waals surface area contributed by atoms with E-state index < -0.39 is 0 Å². The van der Waals surface area contributed by atoms with Gasteiger partial charge in [0.25, 0.3) is 0 Å². The normalized spacial score (nSPS) is 17.0. The molecule has 0 spiro atoms. The van der Waals surface area contributed by atoms with Crippen LogP contribution in [-0.2, 0) is 9.47 Å². The SMILES string of the molecule is CCNC(=NCC1(CCOC)CCC1)NCC(OC)c1ccccc1.I. The second-order valence-electron chi connectivity index (χ2n) is 6.81. The number of hydrogen-bond donors (Lipinski definition) is 2. The Morgan fingerprint density at radius 1 is 1.19 bits per heavy atom. The van der Waals surface area contributed by atoms with Gasteiger partial charge in [-0.05, 0) is 37.2 Å². The number of methoxy groups -OCH3 is 2. The number of nitrogens with zero attached hydrogens (tertiary/aromatic N) is 1. The predicted octanol–water partition coefficient (Wildman–Crippen LogP) is 3.75. The number of hydrogen-bond acceptors (Lipinski definition) is 3. The van der Waals surface area contributed by atoms with Gasteiger partial charge >= 0.3 is 0 Å². The Morgan fingerprint density at radius 3 is 2.46 bits per heavy atom. The summed E-state index contributed by atoms with van der Waals surface area (Å²) in [5, 5.41) is 6.77. The number of rotatable bonds is 10. The number of nitrogens with one attached hydrogen (secondary N) is 2. The zero-order chi connectivity index (χ0) is 18.0. The molecule has 1 aromatic rings. The summed E-state index contributed by atoms with van der Waals surface area (Å²) in [6, 6.07) is 10.3. The van der Waals surface area contributed by atoms with Gasteiger partial charge in [0, 0.05) is 40.5 Å². The maximum Gasteiger partial charge on any atom is 0.191 e. The van der Waals surface area contributed by atoms with Gasteiger partial charge in [-0.25, -0.2) is 0 Å². The molecule has 0 aromatic heterocycles. The molecule has 148 valence electrons. The van der Waals surface area contributed by atoms with E-state index in [1.54, 1.807) is 14.2 Å². The Morgan fingerprint density at radius 2 is 1.92 bits per heavy atom. The highest BCUT2D eigenvalue weighted by Crippen LogP contribution is 2.44. The Hall–Kier alpha value is -0.860. The number of guanidine groups is 1. The van der Waals surface area contributed by atoms with Crippen molar-refractivity contribution in [1.29, 1.82) is 0 Å². The summed E-state index contributed by atoms with van der Waals surface area (Å²) in [6.07, 6.45) is 4.92. The number of halogens is 1. The molecule has 1 unspecified atom stereocenters. The Kier molecular flexibility index (Phi) is 11.2. The van der Waals surface area contributed by atoms with E-state index in [9.17, 15) is 0 Å². The van der Waals surface area contributed by atoms with Crippen LogP contribution in [0.15, 0.2) is 35.3 Å². The van der Waals surface area contributed by atoms with Crippen LogP contribution in [0.4, 0.5) is 0 Å². The van der Waals surface area contributed by atoms with Gasteiger partial charge in [0.2, 0.25) is 0 Å². The molecule has 0 saturated heterocycles. The van der Waals surface area contributed by atoms with Crippen molar-refractivity contribution in [3.63, 3.8) is 0 Å². The molecule has 5 nitrogen and oxygen atoms in total. The predicted molar refractivity (Wildman–Crippen MR) is 118 cm³/mol. The molecule has 0 bridgehead atoms. The van der Waals surface area contributed by atoms with E-state index in [0.29, 0.717) is 12.0 Å². The molecule has 2 rings (SSSR count). The minimum Gasteiger partial charge on any atom is -0.385 e. The first-order valence-corrected chi connectivity index (χ1v) is 9.32. The van der Waals surface area contributed by atoms with E-state index in [2.05, 4.69) is 29.7 Å². The van der Waals surface area contributed by atoms with E-state index in [-0.39, 0.29) is 30.1 Å². The molecular formula is C20H34IN3O2. The van der Waals surface area contributed by atoms with E-state index in [1.807, 2.05) is 18.2 Å². The van der Waals surface area contributed by atoms with Crippen molar-refractivity contribution in [3.8, 4) is 0 Å². The summed E-state index contributed by atoms with van der Waals surface area (Å²) >= 11 is 0. The Labute approximate surface area is 175 Å². The minimum atomic E-state index is 0. The molecule has 0 radical (unpaired) electrons. The monoisotopic (exact) mass is 475 g/mol. The van der Waals surface area contributed by atoms with Crippen LogP contribution in [0.25, 0.3) is 0 Å². The zero-order valence-corrected chi connectivity index (χ0v) is 18.6. The van der Waals surface area contributed by atoms with Crippen molar-refractivity contribution in [3.05, 3.63) is 35.9 Å². The number of benzene rings is 1. The summed E-state index contributed by atoms with van der Waals surface area (Å²) < 4.78 is 10.9. The average Bonchev–Trinajstić information content (AvgIpc) is 2.61. The molecule has 0 heterocycles. The first-order valence-electron chi connectivity index (χ1n) is 9.32. The molecule has 6 heteroatoms. The van der Waals surface area contributed by atoms with Gasteiger partial charge in [-0.2, -0.15) is 0 Å². The molecule has 0 amide bonds. The molecule has 26 heavy (non-hydrogen) atoms. The van der Waals surface area contributed by atoms with Crippen LogP contribution in [0.1, 0.15) is 44.3 Å². The first-order chi connectivity index (χ1) is 12.2. The molecular weight excluding hydrogens is 441 g/mol. The third-order valence-corrected chi connectivity index (χ3v) is 5.08. The molecule has 2 N–H and O–H groups in total.